The van der Waals surface area contributed by atoms with E-state index < -0.39 is 5.54 Å². The van der Waals surface area contributed by atoms with Crippen LogP contribution in [-0.4, -0.2) is 20.8 Å². The summed E-state index contributed by atoms with van der Waals surface area (Å²) < 4.78 is 1.77. The molecule has 2 N–H and O–H groups in total. The van der Waals surface area contributed by atoms with Crippen LogP contribution in [-0.2, 0) is 12.1 Å². The summed E-state index contributed by atoms with van der Waals surface area (Å²) in [6.45, 7) is 4.61. The molecule has 0 saturated heterocycles. The Morgan fingerprint density at radius 3 is 2.72 bits per heavy atom. The number of hydrogen-bond acceptors (Lipinski definition) is 4. The van der Waals surface area contributed by atoms with E-state index in [0.717, 1.165) is 17.0 Å². The van der Waals surface area contributed by atoms with Gasteiger partial charge >= 0.3 is 6.03 Å². The average Bonchev–Trinajstić information content (AvgIpc) is 3.29. The molecule has 1 aromatic carbocycles. The van der Waals surface area contributed by atoms with Gasteiger partial charge in [0.15, 0.2) is 0 Å². The zero-order chi connectivity index (χ0) is 17.7. The first-order valence-corrected chi connectivity index (χ1v) is 9.03. The van der Waals surface area contributed by atoms with Crippen LogP contribution in [0.2, 0.25) is 0 Å². The van der Waals surface area contributed by atoms with Crippen LogP contribution >= 0.6 is 11.3 Å². The smallest absolute Gasteiger partial charge is 0.321 e. The second kappa shape index (κ2) is 7.48. The van der Waals surface area contributed by atoms with Crippen LogP contribution in [0.25, 0.3) is 0 Å². The molecule has 6 nitrogen and oxygen atoms in total. The van der Waals surface area contributed by atoms with Crippen LogP contribution in [0.3, 0.4) is 0 Å². The van der Waals surface area contributed by atoms with E-state index in [1.807, 2.05) is 49.6 Å². The maximum Gasteiger partial charge on any atom is 0.321 e. The van der Waals surface area contributed by atoms with Gasteiger partial charge in [0.25, 0.3) is 0 Å². The number of nitrogens with one attached hydrogen (secondary N) is 2. The summed E-state index contributed by atoms with van der Waals surface area (Å²) in [4.78, 5) is 16.8. The van der Waals surface area contributed by atoms with Crippen molar-refractivity contribution >= 4 is 23.2 Å². The highest BCUT2D eigenvalue weighted by Gasteiger charge is 2.29. The number of carbonyl (C=O) groups is 1. The van der Waals surface area contributed by atoms with Crippen molar-refractivity contribution in [2.24, 2.45) is 0 Å². The van der Waals surface area contributed by atoms with E-state index >= 15 is 0 Å². The molecule has 130 valence electrons. The highest BCUT2D eigenvalue weighted by Crippen LogP contribution is 2.26. The summed E-state index contributed by atoms with van der Waals surface area (Å²) >= 11 is 1.54. The number of urea groups is 1. The van der Waals surface area contributed by atoms with Crippen LogP contribution in [0.5, 0.6) is 0 Å². The normalized spacial score (nSPS) is 13.2. The fraction of sp³-hybridized carbons (Fsp3) is 0.278. The molecule has 7 heteroatoms. The number of benzene rings is 1. The zero-order valence-electron chi connectivity index (χ0n) is 14.3. The van der Waals surface area contributed by atoms with E-state index in [9.17, 15) is 4.79 Å². The van der Waals surface area contributed by atoms with Crippen LogP contribution < -0.4 is 10.6 Å². The molecule has 0 bridgehead atoms. The molecule has 0 aliphatic heterocycles. The Labute approximate surface area is 150 Å². The number of amides is 2. The fourth-order valence-electron chi connectivity index (χ4n) is 2.51. The largest absolute Gasteiger partial charge is 0.326 e. The van der Waals surface area contributed by atoms with Crippen LogP contribution in [0, 0.1) is 0 Å². The molecule has 2 aromatic heterocycles. The number of carbonyl (C=O) groups excluding carboxylic acids is 1. The summed E-state index contributed by atoms with van der Waals surface area (Å²) in [6.07, 6.45) is 4.18. The molecule has 0 saturated carbocycles. The monoisotopic (exact) mass is 355 g/mol. The summed E-state index contributed by atoms with van der Waals surface area (Å²) in [6, 6.07) is 11.5. The SMILES string of the molecule is CC[C@@](C)(NC(=O)Nc1ccnn1Cc1ccccc1)c1nccs1. The highest BCUT2D eigenvalue weighted by molar-refractivity contribution is 7.09. The van der Waals surface area contributed by atoms with Crippen LogP contribution in [0.15, 0.2) is 54.2 Å². The van der Waals surface area contributed by atoms with Crippen molar-refractivity contribution in [3.05, 3.63) is 64.7 Å². The van der Waals surface area contributed by atoms with E-state index in [1.54, 1.807) is 23.1 Å². The molecule has 0 fully saturated rings. The molecular formula is C18H21N5OS. The maximum absolute atomic E-state index is 12.5. The topological polar surface area (TPSA) is 71.8 Å². The third-order valence-electron chi connectivity index (χ3n) is 4.13. The number of rotatable bonds is 6. The van der Waals surface area contributed by atoms with E-state index in [1.165, 1.54) is 11.3 Å². The second-order valence-electron chi connectivity index (χ2n) is 5.96. The van der Waals surface area contributed by atoms with Crippen LogP contribution in [0.1, 0.15) is 30.8 Å². The van der Waals surface area contributed by atoms with Crippen molar-refractivity contribution < 1.29 is 4.79 Å². The first-order chi connectivity index (χ1) is 12.1. The summed E-state index contributed by atoms with van der Waals surface area (Å²) in [7, 11) is 0. The van der Waals surface area contributed by atoms with Crippen molar-refractivity contribution in [3.63, 3.8) is 0 Å². The molecule has 1 atom stereocenters. The third kappa shape index (κ3) is 4.06. The lowest BCUT2D eigenvalue weighted by Crippen LogP contribution is -2.45. The van der Waals surface area contributed by atoms with Crippen molar-refractivity contribution in [1.29, 1.82) is 0 Å². The number of nitrogens with zero attached hydrogens (tertiary/aromatic N) is 3. The third-order valence-corrected chi connectivity index (χ3v) is 5.17. The standard InChI is InChI=1S/C18H21N5OS/c1-3-18(2,16-19-11-12-25-16)22-17(24)21-15-9-10-20-23(15)13-14-7-5-4-6-8-14/h4-12H,3,13H2,1-2H3,(H2,21,22,24)/t18-/m1/s1. The molecule has 0 aliphatic carbocycles. The van der Waals surface area contributed by atoms with Gasteiger partial charge in [-0.15, -0.1) is 11.3 Å². The van der Waals surface area contributed by atoms with Crippen molar-refractivity contribution in [2.75, 3.05) is 5.32 Å². The number of aromatic nitrogens is 3. The van der Waals surface area contributed by atoms with Gasteiger partial charge in [0.05, 0.1) is 18.3 Å². The molecule has 3 aromatic rings. The summed E-state index contributed by atoms with van der Waals surface area (Å²) in [5.41, 5.74) is 0.624. The van der Waals surface area contributed by atoms with Gasteiger partial charge in [0.2, 0.25) is 0 Å². The molecule has 2 heterocycles. The second-order valence-corrected chi connectivity index (χ2v) is 6.86. The lowest BCUT2D eigenvalue weighted by atomic mass is 10.0. The summed E-state index contributed by atoms with van der Waals surface area (Å²) in [5, 5.41) is 13.0. The van der Waals surface area contributed by atoms with Gasteiger partial charge in [0.1, 0.15) is 10.8 Å². The first-order valence-electron chi connectivity index (χ1n) is 8.15. The van der Waals surface area contributed by atoms with Crippen molar-refractivity contribution in [2.45, 2.75) is 32.4 Å². The Hall–Kier alpha value is -2.67. The molecule has 0 unspecified atom stereocenters. The Kier molecular flexibility index (Phi) is 5.14. The maximum atomic E-state index is 12.5. The molecule has 0 radical (unpaired) electrons. The molecule has 0 aliphatic rings. The fourth-order valence-corrected chi connectivity index (χ4v) is 3.34. The predicted molar refractivity (Wildman–Crippen MR) is 99.7 cm³/mol. The van der Waals surface area contributed by atoms with E-state index in [-0.39, 0.29) is 6.03 Å². The van der Waals surface area contributed by atoms with Gasteiger partial charge in [-0.25, -0.2) is 14.5 Å². The van der Waals surface area contributed by atoms with Gasteiger partial charge in [-0.3, -0.25) is 5.32 Å². The van der Waals surface area contributed by atoms with Gasteiger partial charge in [0, 0.05) is 17.6 Å². The quantitative estimate of drug-likeness (QED) is 0.706. The van der Waals surface area contributed by atoms with E-state index in [4.69, 9.17) is 0 Å². The minimum Gasteiger partial charge on any atom is -0.326 e. The van der Waals surface area contributed by atoms with Gasteiger partial charge in [-0.2, -0.15) is 5.10 Å². The molecular weight excluding hydrogens is 334 g/mol. The Morgan fingerprint density at radius 1 is 1.24 bits per heavy atom. The Bertz CT molecular complexity index is 815. The predicted octanol–water partition coefficient (Wildman–Crippen LogP) is 3.83. The van der Waals surface area contributed by atoms with Crippen LogP contribution in [0.4, 0.5) is 10.6 Å². The molecule has 25 heavy (non-hydrogen) atoms. The van der Waals surface area contributed by atoms with E-state index in [0.29, 0.717) is 12.4 Å². The lowest BCUT2D eigenvalue weighted by Gasteiger charge is -2.27. The number of thiazole rings is 1. The number of anilines is 1. The number of hydrogen-bond donors (Lipinski definition) is 2. The highest BCUT2D eigenvalue weighted by atomic mass is 32.1. The minimum atomic E-state index is -0.497. The van der Waals surface area contributed by atoms with E-state index in [2.05, 4.69) is 20.7 Å². The lowest BCUT2D eigenvalue weighted by molar-refractivity contribution is 0.237. The molecule has 3 rings (SSSR count). The molecule has 0 spiro atoms. The summed E-state index contributed by atoms with van der Waals surface area (Å²) in [5.74, 6) is 0.652. The van der Waals surface area contributed by atoms with Gasteiger partial charge in [-0.1, -0.05) is 37.3 Å². The minimum absolute atomic E-state index is 0.269. The van der Waals surface area contributed by atoms with Crippen molar-refractivity contribution in [3.8, 4) is 0 Å². The zero-order valence-corrected chi connectivity index (χ0v) is 15.1. The average molecular weight is 355 g/mol. The van der Waals surface area contributed by atoms with Gasteiger partial charge < -0.3 is 5.32 Å². The first kappa shape index (κ1) is 17.2. The Morgan fingerprint density at radius 2 is 2.04 bits per heavy atom. The van der Waals surface area contributed by atoms with Gasteiger partial charge in [-0.05, 0) is 18.9 Å². The van der Waals surface area contributed by atoms with Crippen molar-refractivity contribution in [1.82, 2.24) is 20.1 Å². The molecule has 2 amide bonds. The Balaban J connectivity index is 1.69.